The van der Waals surface area contributed by atoms with E-state index in [4.69, 9.17) is 11.6 Å². The Balaban J connectivity index is 1.48. The molecule has 196 valence electrons. The third-order valence-electron chi connectivity index (χ3n) is 8.86. The molecule has 5 heteroatoms. The van der Waals surface area contributed by atoms with E-state index in [2.05, 4.69) is 68.4 Å². The number of hydrogen-bond donors (Lipinski definition) is 0. The van der Waals surface area contributed by atoms with Crippen LogP contribution in [-0.4, -0.2) is 71.0 Å². The standard InChI is InChI=1S/C30H48ClN3O/c1-21(2)17-34(25-13-7-22(3)8-14-25)26-15-16-32(18-26)29(35)28-20-33(30(4,5)6)19-27(28)23-9-11-24(31)12-10-23/h9-12,21-22,25-28H,7-8,13-20H2,1-6H3/t22?,25?,26-,27-,28+/m0/s1. The second-order valence-electron chi connectivity index (χ2n) is 13.1. The normalized spacial score (nSPS) is 30.5. The molecule has 0 radical (unpaired) electrons. The number of carbonyl (C=O) groups excluding carboxylic acids is 1. The molecule has 3 fully saturated rings. The second-order valence-corrected chi connectivity index (χ2v) is 13.5. The fraction of sp³-hybridized carbons (Fsp3) is 0.767. The van der Waals surface area contributed by atoms with Gasteiger partial charge >= 0.3 is 0 Å². The molecule has 1 aromatic rings. The van der Waals surface area contributed by atoms with Gasteiger partial charge < -0.3 is 4.90 Å². The quantitative estimate of drug-likeness (QED) is 0.458. The van der Waals surface area contributed by atoms with Gasteiger partial charge in [0.2, 0.25) is 5.91 Å². The number of carbonyl (C=O) groups is 1. The first-order chi connectivity index (χ1) is 16.5. The van der Waals surface area contributed by atoms with Crippen LogP contribution < -0.4 is 0 Å². The molecule has 0 unspecified atom stereocenters. The Morgan fingerprint density at radius 2 is 1.66 bits per heavy atom. The topological polar surface area (TPSA) is 26.8 Å². The third-order valence-corrected chi connectivity index (χ3v) is 9.11. The average molecular weight is 502 g/mol. The van der Waals surface area contributed by atoms with Crippen LogP contribution in [0.15, 0.2) is 24.3 Å². The van der Waals surface area contributed by atoms with Crippen molar-refractivity contribution in [3.05, 3.63) is 34.9 Å². The number of amides is 1. The molecule has 2 aliphatic heterocycles. The van der Waals surface area contributed by atoms with Crippen molar-refractivity contribution in [3.8, 4) is 0 Å². The van der Waals surface area contributed by atoms with Gasteiger partial charge in [0.1, 0.15) is 0 Å². The molecule has 1 saturated carbocycles. The monoisotopic (exact) mass is 501 g/mol. The van der Waals surface area contributed by atoms with Crippen molar-refractivity contribution < 1.29 is 4.79 Å². The van der Waals surface area contributed by atoms with Gasteiger partial charge in [0.25, 0.3) is 0 Å². The van der Waals surface area contributed by atoms with Crippen LogP contribution in [0, 0.1) is 17.8 Å². The molecule has 4 nitrogen and oxygen atoms in total. The van der Waals surface area contributed by atoms with Crippen LogP contribution in [0.5, 0.6) is 0 Å². The van der Waals surface area contributed by atoms with Gasteiger partial charge in [-0.05, 0) is 82.4 Å². The Labute approximate surface area is 219 Å². The van der Waals surface area contributed by atoms with Gasteiger partial charge in [0, 0.05) is 61.3 Å². The Bertz CT molecular complexity index is 840. The first-order valence-corrected chi connectivity index (χ1v) is 14.5. The van der Waals surface area contributed by atoms with Crippen LogP contribution in [0.4, 0.5) is 0 Å². The Morgan fingerprint density at radius 1 is 1.00 bits per heavy atom. The number of hydrogen-bond acceptors (Lipinski definition) is 3. The van der Waals surface area contributed by atoms with Crippen LogP contribution in [0.25, 0.3) is 0 Å². The van der Waals surface area contributed by atoms with Gasteiger partial charge in [-0.25, -0.2) is 0 Å². The average Bonchev–Trinajstić information content (AvgIpc) is 3.46. The van der Waals surface area contributed by atoms with Crippen molar-refractivity contribution in [3.63, 3.8) is 0 Å². The van der Waals surface area contributed by atoms with Crippen molar-refractivity contribution in [2.75, 3.05) is 32.7 Å². The highest BCUT2D eigenvalue weighted by Gasteiger charge is 2.45. The van der Waals surface area contributed by atoms with Gasteiger partial charge in [0.05, 0.1) is 5.92 Å². The first kappa shape index (κ1) is 26.9. The molecule has 1 amide bonds. The van der Waals surface area contributed by atoms with Crippen LogP contribution in [-0.2, 0) is 4.79 Å². The SMILES string of the molecule is CC(C)CN(C1CCC(C)CC1)[C@H]1CCN(C(=O)[C@@H]2CN(C(C)(C)C)C[C@H]2c2ccc(Cl)cc2)C1. The van der Waals surface area contributed by atoms with Crippen molar-refractivity contribution in [1.82, 2.24) is 14.7 Å². The molecule has 35 heavy (non-hydrogen) atoms. The lowest BCUT2D eigenvalue weighted by atomic mass is 9.85. The van der Waals surface area contributed by atoms with E-state index < -0.39 is 0 Å². The summed E-state index contributed by atoms with van der Waals surface area (Å²) >= 11 is 6.19. The zero-order valence-electron chi connectivity index (χ0n) is 23.0. The predicted molar refractivity (Wildman–Crippen MR) is 147 cm³/mol. The van der Waals surface area contributed by atoms with E-state index in [9.17, 15) is 4.79 Å². The van der Waals surface area contributed by atoms with Crippen LogP contribution in [0.1, 0.15) is 85.1 Å². The third kappa shape index (κ3) is 6.43. The summed E-state index contributed by atoms with van der Waals surface area (Å²) in [6.07, 6.45) is 6.45. The van der Waals surface area contributed by atoms with Crippen LogP contribution >= 0.6 is 11.6 Å². The van der Waals surface area contributed by atoms with Gasteiger partial charge in [-0.1, -0.05) is 44.5 Å². The summed E-state index contributed by atoms with van der Waals surface area (Å²) < 4.78 is 0. The summed E-state index contributed by atoms with van der Waals surface area (Å²) in [5.41, 5.74) is 1.30. The minimum Gasteiger partial charge on any atom is -0.341 e. The van der Waals surface area contributed by atoms with Crippen LogP contribution in [0.3, 0.4) is 0 Å². The molecule has 0 bridgehead atoms. The van der Waals surface area contributed by atoms with Crippen molar-refractivity contribution >= 4 is 17.5 Å². The molecule has 2 heterocycles. The summed E-state index contributed by atoms with van der Waals surface area (Å²) in [4.78, 5) is 21.5. The first-order valence-electron chi connectivity index (χ1n) is 14.1. The maximum Gasteiger partial charge on any atom is 0.227 e. The maximum absolute atomic E-state index is 14.0. The lowest BCUT2D eigenvalue weighted by Crippen LogP contribution is -2.48. The largest absolute Gasteiger partial charge is 0.341 e. The fourth-order valence-corrected chi connectivity index (χ4v) is 6.81. The minimum absolute atomic E-state index is 0.0169. The molecule has 0 spiro atoms. The second kappa shape index (κ2) is 11.1. The van der Waals surface area contributed by atoms with Gasteiger partial charge in [-0.2, -0.15) is 0 Å². The van der Waals surface area contributed by atoms with Gasteiger partial charge in [-0.15, -0.1) is 0 Å². The van der Waals surface area contributed by atoms with E-state index in [0.717, 1.165) is 50.1 Å². The highest BCUT2D eigenvalue weighted by atomic mass is 35.5. The zero-order chi connectivity index (χ0) is 25.3. The molecule has 3 atom stereocenters. The number of benzene rings is 1. The maximum atomic E-state index is 14.0. The Morgan fingerprint density at radius 3 is 2.26 bits per heavy atom. The minimum atomic E-state index is 0.0169. The highest BCUT2D eigenvalue weighted by Crippen LogP contribution is 2.39. The lowest BCUT2D eigenvalue weighted by molar-refractivity contribution is -0.134. The van der Waals surface area contributed by atoms with Gasteiger partial charge in [-0.3, -0.25) is 14.6 Å². The molecular formula is C30H48ClN3O. The number of rotatable bonds is 6. The summed E-state index contributed by atoms with van der Waals surface area (Å²) in [7, 11) is 0. The molecule has 0 aromatic heterocycles. The number of halogens is 1. The summed E-state index contributed by atoms with van der Waals surface area (Å²) in [5.74, 6) is 2.13. The molecule has 3 aliphatic rings. The predicted octanol–water partition coefficient (Wildman–Crippen LogP) is 6.29. The Kier molecular flexibility index (Phi) is 8.55. The molecule has 1 aromatic carbocycles. The Hall–Kier alpha value is -1.10. The number of nitrogens with zero attached hydrogens (tertiary/aromatic N) is 3. The fourth-order valence-electron chi connectivity index (χ4n) is 6.69. The highest BCUT2D eigenvalue weighted by molar-refractivity contribution is 6.30. The zero-order valence-corrected chi connectivity index (χ0v) is 23.7. The van der Waals surface area contributed by atoms with E-state index >= 15 is 0 Å². The van der Waals surface area contributed by atoms with E-state index in [1.54, 1.807) is 0 Å². The molecule has 0 N–H and O–H groups in total. The van der Waals surface area contributed by atoms with Crippen molar-refractivity contribution in [1.29, 1.82) is 0 Å². The summed E-state index contributed by atoms with van der Waals surface area (Å²) in [5, 5.41) is 0.757. The molecule has 1 aliphatic carbocycles. The molecular weight excluding hydrogens is 454 g/mol. The molecule has 2 saturated heterocycles. The van der Waals surface area contributed by atoms with E-state index in [1.807, 2.05) is 12.1 Å². The van der Waals surface area contributed by atoms with Crippen molar-refractivity contribution in [2.45, 2.75) is 97.2 Å². The summed E-state index contributed by atoms with van der Waals surface area (Å²) in [6.45, 7) is 18.6. The lowest BCUT2D eigenvalue weighted by Gasteiger charge is -2.41. The van der Waals surface area contributed by atoms with Gasteiger partial charge in [0.15, 0.2) is 0 Å². The molecule has 4 rings (SSSR count). The van der Waals surface area contributed by atoms with Crippen molar-refractivity contribution in [2.24, 2.45) is 17.8 Å². The van der Waals surface area contributed by atoms with E-state index in [-0.39, 0.29) is 17.4 Å². The number of likely N-dealkylation sites (tertiary alicyclic amines) is 2. The van der Waals surface area contributed by atoms with E-state index in [0.29, 0.717) is 23.9 Å². The smallest absolute Gasteiger partial charge is 0.227 e. The van der Waals surface area contributed by atoms with E-state index in [1.165, 1.54) is 31.2 Å². The van der Waals surface area contributed by atoms with Crippen LogP contribution in [0.2, 0.25) is 5.02 Å². The summed E-state index contributed by atoms with van der Waals surface area (Å²) in [6, 6.07) is 9.39.